The molecule has 3 aromatic rings. The molecule has 0 saturated carbocycles. The number of halogens is 1. The van der Waals surface area contributed by atoms with Gasteiger partial charge in [-0.25, -0.2) is 4.39 Å². The summed E-state index contributed by atoms with van der Waals surface area (Å²) in [6, 6.07) is 10.0. The Morgan fingerprint density at radius 3 is 2.71 bits per heavy atom. The first-order valence-electron chi connectivity index (χ1n) is 6.62. The van der Waals surface area contributed by atoms with Crippen LogP contribution >= 0.6 is 0 Å². The van der Waals surface area contributed by atoms with E-state index >= 15 is 0 Å². The molecule has 0 fully saturated rings. The smallest absolute Gasteiger partial charge is 0.213 e. The van der Waals surface area contributed by atoms with Gasteiger partial charge in [0.05, 0.1) is 6.54 Å². The van der Waals surface area contributed by atoms with Crippen LogP contribution in [0.15, 0.2) is 51.7 Å². The lowest BCUT2D eigenvalue weighted by Crippen LogP contribution is -2.16. The maximum atomic E-state index is 12.9. The van der Waals surface area contributed by atoms with Crippen LogP contribution in [0.5, 0.6) is 0 Å². The number of hydrogen-bond acceptors (Lipinski definition) is 5. The second-order valence-electron chi connectivity index (χ2n) is 4.55. The average molecular weight is 287 g/mol. The summed E-state index contributed by atoms with van der Waals surface area (Å²) in [5, 5.41) is 6.97. The van der Waals surface area contributed by atoms with Gasteiger partial charge in [0.2, 0.25) is 6.39 Å². The number of hydrogen-bond donors (Lipinski definition) is 1. The molecule has 2 aromatic heterocycles. The molecule has 3 rings (SSSR count). The Labute approximate surface area is 120 Å². The Kier molecular flexibility index (Phi) is 4.07. The minimum absolute atomic E-state index is 0.256. The largest absolute Gasteiger partial charge is 0.460 e. The van der Waals surface area contributed by atoms with Gasteiger partial charge in [0.1, 0.15) is 17.3 Å². The molecule has 0 amide bonds. The number of nitrogens with zero attached hydrogens (tertiary/aromatic N) is 2. The van der Waals surface area contributed by atoms with Crippen LogP contribution in [-0.4, -0.2) is 16.7 Å². The van der Waals surface area contributed by atoms with Gasteiger partial charge in [0.25, 0.3) is 0 Å². The summed E-state index contributed by atoms with van der Waals surface area (Å²) in [6.07, 6.45) is 2.01. The third-order valence-electron chi connectivity index (χ3n) is 3.02. The summed E-state index contributed by atoms with van der Waals surface area (Å²) in [5.41, 5.74) is 0.856. The van der Waals surface area contributed by atoms with Gasteiger partial charge < -0.3 is 14.3 Å². The first-order chi connectivity index (χ1) is 10.3. The van der Waals surface area contributed by atoms with Gasteiger partial charge in [-0.15, -0.1) is 0 Å². The van der Waals surface area contributed by atoms with Crippen molar-refractivity contribution in [1.82, 2.24) is 15.5 Å². The van der Waals surface area contributed by atoms with Crippen LogP contribution in [0.4, 0.5) is 4.39 Å². The number of aromatic nitrogens is 2. The van der Waals surface area contributed by atoms with E-state index in [1.165, 1.54) is 18.5 Å². The van der Waals surface area contributed by atoms with Gasteiger partial charge in [-0.3, -0.25) is 0 Å². The highest BCUT2D eigenvalue weighted by Crippen LogP contribution is 2.22. The van der Waals surface area contributed by atoms with Crippen molar-refractivity contribution in [2.45, 2.75) is 13.0 Å². The summed E-state index contributed by atoms with van der Waals surface area (Å²) in [5.74, 6) is 1.97. The van der Waals surface area contributed by atoms with Crippen LogP contribution in [0.2, 0.25) is 0 Å². The minimum atomic E-state index is -0.256. The zero-order valence-electron chi connectivity index (χ0n) is 11.3. The lowest BCUT2D eigenvalue weighted by Gasteiger charge is -2.00. The van der Waals surface area contributed by atoms with E-state index < -0.39 is 0 Å². The van der Waals surface area contributed by atoms with Crippen LogP contribution in [-0.2, 0) is 13.0 Å². The second-order valence-corrected chi connectivity index (χ2v) is 4.55. The molecule has 108 valence electrons. The number of nitrogens with one attached hydrogen (secondary N) is 1. The van der Waals surface area contributed by atoms with E-state index in [0.29, 0.717) is 18.8 Å². The van der Waals surface area contributed by atoms with E-state index in [9.17, 15) is 4.39 Å². The standard InChI is InChI=1S/C15H14FN3O2/c16-12-3-1-11(2-4-12)14-6-5-13(21-14)9-17-8-7-15-18-10-20-19-15/h1-6,10,17H,7-9H2. The van der Waals surface area contributed by atoms with E-state index in [0.717, 1.165) is 23.6 Å². The summed E-state index contributed by atoms with van der Waals surface area (Å²) in [6.45, 7) is 1.34. The molecule has 1 aromatic carbocycles. The fraction of sp³-hybridized carbons (Fsp3) is 0.200. The van der Waals surface area contributed by atoms with E-state index in [4.69, 9.17) is 4.42 Å². The molecule has 0 aliphatic carbocycles. The Balaban J connectivity index is 1.52. The van der Waals surface area contributed by atoms with Gasteiger partial charge in [-0.05, 0) is 36.4 Å². The molecule has 0 aliphatic heterocycles. The molecule has 2 heterocycles. The van der Waals surface area contributed by atoms with Crippen molar-refractivity contribution in [3.8, 4) is 11.3 Å². The third kappa shape index (κ3) is 3.55. The van der Waals surface area contributed by atoms with Crippen molar-refractivity contribution < 1.29 is 13.3 Å². The number of rotatable bonds is 6. The topological polar surface area (TPSA) is 64.1 Å². The molecule has 0 spiro atoms. The molecule has 0 bridgehead atoms. The molecular formula is C15H14FN3O2. The normalized spacial score (nSPS) is 10.9. The lowest BCUT2D eigenvalue weighted by molar-refractivity contribution is 0.408. The molecule has 0 aliphatic rings. The Hall–Kier alpha value is -2.47. The lowest BCUT2D eigenvalue weighted by atomic mass is 10.2. The second kappa shape index (κ2) is 6.32. The van der Waals surface area contributed by atoms with Crippen LogP contribution in [0.25, 0.3) is 11.3 Å². The fourth-order valence-corrected chi connectivity index (χ4v) is 1.96. The van der Waals surface area contributed by atoms with Crippen LogP contribution < -0.4 is 5.32 Å². The Morgan fingerprint density at radius 1 is 1.10 bits per heavy atom. The fourth-order valence-electron chi connectivity index (χ4n) is 1.96. The molecule has 6 heteroatoms. The molecule has 1 N–H and O–H groups in total. The summed E-state index contributed by atoms with van der Waals surface area (Å²) >= 11 is 0. The third-order valence-corrected chi connectivity index (χ3v) is 3.02. The van der Waals surface area contributed by atoms with Crippen LogP contribution in [0, 0.1) is 5.82 Å². The highest BCUT2D eigenvalue weighted by Gasteiger charge is 2.05. The summed E-state index contributed by atoms with van der Waals surface area (Å²) < 4.78 is 23.2. The molecule has 5 nitrogen and oxygen atoms in total. The Bertz CT molecular complexity index is 677. The van der Waals surface area contributed by atoms with E-state index in [1.807, 2.05) is 12.1 Å². The van der Waals surface area contributed by atoms with Crippen molar-refractivity contribution >= 4 is 0 Å². The average Bonchev–Trinajstić information content (AvgIpc) is 3.16. The number of benzene rings is 1. The van der Waals surface area contributed by atoms with E-state index in [-0.39, 0.29) is 5.82 Å². The van der Waals surface area contributed by atoms with Crippen LogP contribution in [0.3, 0.4) is 0 Å². The first kappa shape index (κ1) is 13.5. The van der Waals surface area contributed by atoms with E-state index in [2.05, 4.69) is 20.0 Å². The van der Waals surface area contributed by atoms with Gasteiger partial charge in [-0.1, -0.05) is 5.16 Å². The zero-order valence-corrected chi connectivity index (χ0v) is 11.3. The van der Waals surface area contributed by atoms with Crippen molar-refractivity contribution in [3.05, 3.63) is 60.2 Å². The monoisotopic (exact) mass is 287 g/mol. The van der Waals surface area contributed by atoms with Gasteiger partial charge in [0.15, 0.2) is 5.82 Å². The maximum absolute atomic E-state index is 12.9. The van der Waals surface area contributed by atoms with Crippen LogP contribution in [0.1, 0.15) is 11.6 Å². The van der Waals surface area contributed by atoms with Gasteiger partial charge >= 0.3 is 0 Å². The van der Waals surface area contributed by atoms with E-state index in [1.54, 1.807) is 12.1 Å². The Morgan fingerprint density at radius 2 is 1.95 bits per heavy atom. The zero-order chi connectivity index (χ0) is 14.5. The highest BCUT2D eigenvalue weighted by atomic mass is 19.1. The quantitative estimate of drug-likeness (QED) is 0.706. The first-order valence-corrected chi connectivity index (χ1v) is 6.62. The summed E-state index contributed by atoms with van der Waals surface area (Å²) in [4.78, 5) is 3.94. The maximum Gasteiger partial charge on any atom is 0.213 e. The molecular weight excluding hydrogens is 273 g/mol. The van der Waals surface area contributed by atoms with Crippen molar-refractivity contribution in [2.75, 3.05) is 6.54 Å². The van der Waals surface area contributed by atoms with Gasteiger partial charge in [-0.2, -0.15) is 4.98 Å². The molecule has 0 radical (unpaired) electrons. The summed E-state index contributed by atoms with van der Waals surface area (Å²) in [7, 11) is 0. The van der Waals surface area contributed by atoms with Crippen molar-refractivity contribution in [1.29, 1.82) is 0 Å². The van der Waals surface area contributed by atoms with Crippen molar-refractivity contribution in [3.63, 3.8) is 0 Å². The van der Waals surface area contributed by atoms with Gasteiger partial charge in [0, 0.05) is 18.5 Å². The highest BCUT2D eigenvalue weighted by molar-refractivity contribution is 5.57. The predicted molar refractivity (Wildman–Crippen MR) is 73.8 cm³/mol. The molecule has 0 saturated heterocycles. The molecule has 0 unspecified atom stereocenters. The molecule has 0 atom stereocenters. The SMILES string of the molecule is Fc1ccc(-c2ccc(CNCCc3ncon3)o2)cc1. The van der Waals surface area contributed by atoms with Crippen molar-refractivity contribution in [2.24, 2.45) is 0 Å². The number of furan rings is 1. The molecule has 21 heavy (non-hydrogen) atoms. The minimum Gasteiger partial charge on any atom is -0.460 e. The predicted octanol–water partition coefficient (Wildman–Crippen LogP) is 2.80.